The summed E-state index contributed by atoms with van der Waals surface area (Å²) in [5.74, 6) is -0.567. The van der Waals surface area contributed by atoms with E-state index >= 15 is 0 Å². The molecule has 0 bridgehead atoms. The van der Waals surface area contributed by atoms with E-state index < -0.39 is 11.6 Å². The smallest absolute Gasteiger partial charge is 0.230 e. The summed E-state index contributed by atoms with van der Waals surface area (Å²) in [4.78, 5) is 19.3. The average Bonchev–Trinajstić information content (AvgIpc) is 3.43. The van der Waals surface area contributed by atoms with Gasteiger partial charge in [-0.15, -0.1) is 0 Å². The number of methoxy groups -OCH3 is 1. The van der Waals surface area contributed by atoms with Gasteiger partial charge in [0.25, 0.3) is 0 Å². The molecule has 6 rings (SSSR count). The summed E-state index contributed by atoms with van der Waals surface area (Å²) >= 11 is 0. The number of carbonyl (C=O) groups is 1. The molecular weight excluding hydrogens is 478 g/mol. The van der Waals surface area contributed by atoms with Gasteiger partial charge in [0, 0.05) is 30.5 Å². The summed E-state index contributed by atoms with van der Waals surface area (Å²) in [7, 11) is 1.75. The van der Waals surface area contributed by atoms with Crippen LogP contribution in [0, 0.1) is 25.5 Å². The lowest BCUT2D eigenvalue weighted by molar-refractivity contribution is -0.124. The van der Waals surface area contributed by atoms with E-state index in [1.54, 1.807) is 7.11 Å². The molecule has 1 saturated heterocycles. The first-order chi connectivity index (χ1) is 17.9. The summed E-state index contributed by atoms with van der Waals surface area (Å²) in [5.41, 5.74) is 4.84. The minimum atomic E-state index is -0.980. The van der Waals surface area contributed by atoms with Crippen LogP contribution in [0.4, 0.5) is 14.5 Å². The number of hydrogen-bond donors (Lipinski definition) is 0. The van der Waals surface area contributed by atoms with Gasteiger partial charge in [-0.1, -0.05) is 11.2 Å². The molecule has 0 unspecified atom stereocenters. The van der Waals surface area contributed by atoms with Gasteiger partial charge in [0.05, 0.1) is 29.3 Å². The Labute approximate surface area is 213 Å². The van der Waals surface area contributed by atoms with Crippen molar-refractivity contribution in [2.24, 2.45) is 0 Å². The lowest BCUT2D eigenvalue weighted by Crippen LogP contribution is -2.48. The Balaban J connectivity index is 1.46. The van der Waals surface area contributed by atoms with Crippen molar-refractivity contribution >= 4 is 22.6 Å². The highest BCUT2D eigenvalue weighted by Crippen LogP contribution is 2.43. The summed E-state index contributed by atoms with van der Waals surface area (Å²) in [6.07, 6.45) is 4.22. The summed E-state index contributed by atoms with van der Waals surface area (Å²) in [6.45, 7) is 3.80. The van der Waals surface area contributed by atoms with Gasteiger partial charge in [0.1, 0.15) is 17.6 Å². The highest BCUT2D eigenvalue weighted by Gasteiger charge is 2.43. The van der Waals surface area contributed by atoms with Crippen LogP contribution < -0.4 is 4.90 Å². The Bertz CT molecular complexity index is 1480. The SMILES string of the molecule is COC1CCC(n2c([C@@H]3CC(=O)N3c3ccc(F)c(F)c3)nc3cc(-c4c(C)noc4C)ccc32)CC1. The normalized spacial score (nSPS) is 22.0. The molecule has 0 N–H and O–H groups in total. The number of aryl methyl sites for hydroxylation is 2. The number of aromatic nitrogens is 3. The number of β-lactam (4-membered cyclic amide) rings is 1. The second-order valence-electron chi connectivity index (χ2n) is 9.99. The van der Waals surface area contributed by atoms with Crippen LogP contribution >= 0.6 is 0 Å². The summed E-state index contributed by atoms with van der Waals surface area (Å²) < 4.78 is 40.9. The number of carbonyl (C=O) groups excluding carboxylic acids is 1. The zero-order valence-electron chi connectivity index (χ0n) is 21.0. The monoisotopic (exact) mass is 506 g/mol. The van der Waals surface area contributed by atoms with Crippen LogP contribution in [0.3, 0.4) is 0 Å². The maximum absolute atomic E-state index is 14.1. The molecular formula is C28H28F2N4O3. The fourth-order valence-electron chi connectivity index (χ4n) is 5.91. The highest BCUT2D eigenvalue weighted by molar-refractivity contribution is 6.01. The van der Waals surface area contributed by atoms with Crippen LogP contribution in [-0.2, 0) is 9.53 Å². The van der Waals surface area contributed by atoms with Gasteiger partial charge in [-0.2, -0.15) is 0 Å². The van der Waals surface area contributed by atoms with Gasteiger partial charge < -0.3 is 18.7 Å². The predicted molar refractivity (Wildman–Crippen MR) is 134 cm³/mol. The van der Waals surface area contributed by atoms with Gasteiger partial charge in [-0.3, -0.25) is 4.79 Å². The third-order valence-corrected chi connectivity index (χ3v) is 7.81. The topological polar surface area (TPSA) is 73.4 Å². The van der Waals surface area contributed by atoms with Gasteiger partial charge in [0.15, 0.2) is 11.6 Å². The molecule has 37 heavy (non-hydrogen) atoms. The maximum atomic E-state index is 14.1. The predicted octanol–water partition coefficient (Wildman–Crippen LogP) is 6.19. The number of amides is 1. The van der Waals surface area contributed by atoms with E-state index in [2.05, 4.69) is 21.9 Å². The van der Waals surface area contributed by atoms with E-state index in [1.807, 2.05) is 19.9 Å². The van der Waals surface area contributed by atoms with Crippen LogP contribution in [0.2, 0.25) is 0 Å². The van der Waals surface area contributed by atoms with E-state index in [1.165, 1.54) is 11.0 Å². The lowest BCUT2D eigenvalue weighted by Gasteiger charge is -2.41. The molecule has 1 atom stereocenters. The second kappa shape index (κ2) is 9.06. The Morgan fingerprint density at radius 3 is 2.46 bits per heavy atom. The van der Waals surface area contributed by atoms with Gasteiger partial charge in [-0.05, 0) is 69.4 Å². The van der Waals surface area contributed by atoms with Crippen LogP contribution in [-0.4, -0.2) is 33.8 Å². The van der Waals surface area contributed by atoms with Crippen molar-refractivity contribution in [1.29, 1.82) is 0 Å². The van der Waals surface area contributed by atoms with Crippen LogP contribution in [0.1, 0.15) is 61.5 Å². The molecule has 2 aromatic heterocycles. The maximum Gasteiger partial charge on any atom is 0.230 e. The number of benzene rings is 2. The number of hydrogen-bond acceptors (Lipinski definition) is 5. The molecule has 1 aliphatic carbocycles. The number of rotatable bonds is 5. The Hall–Kier alpha value is -3.59. The quantitative estimate of drug-likeness (QED) is 0.302. The molecule has 7 nitrogen and oxygen atoms in total. The van der Waals surface area contributed by atoms with Gasteiger partial charge >= 0.3 is 0 Å². The molecule has 3 heterocycles. The second-order valence-corrected chi connectivity index (χ2v) is 9.99. The molecule has 0 spiro atoms. The van der Waals surface area contributed by atoms with E-state index in [9.17, 15) is 13.6 Å². The van der Waals surface area contributed by atoms with Crippen molar-refractivity contribution in [3.05, 3.63) is 65.3 Å². The van der Waals surface area contributed by atoms with E-state index in [4.69, 9.17) is 14.2 Å². The largest absolute Gasteiger partial charge is 0.381 e. The minimum absolute atomic E-state index is 0.144. The summed E-state index contributed by atoms with van der Waals surface area (Å²) in [6, 6.07) is 9.55. The molecule has 1 saturated carbocycles. The zero-order chi connectivity index (χ0) is 25.8. The first-order valence-electron chi connectivity index (χ1n) is 12.6. The molecule has 192 valence electrons. The zero-order valence-corrected chi connectivity index (χ0v) is 21.0. The fraction of sp³-hybridized carbons (Fsp3) is 0.393. The Kier molecular flexibility index (Phi) is 5.82. The first-order valence-corrected chi connectivity index (χ1v) is 12.6. The third-order valence-electron chi connectivity index (χ3n) is 7.81. The molecule has 1 aliphatic heterocycles. The van der Waals surface area contributed by atoms with Crippen molar-refractivity contribution in [2.75, 3.05) is 12.0 Å². The highest BCUT2D eigenvalue weighted by atomic mass is 19.2. The van der Waals surface area contributed by atoms with Crippen molar-refractivity contribution in [3.63, 3.8) is 0 Å². The molecule has 2 aliphatic rings. The van der Waals surface area contributed by atoms with Crippen molar-refractivity contribution in [1.82, 2.24) is 14.7 Å². The third kappa shape index (κ3) is 3.92. The molecule has 2 aromatic carbocycles. The molecule has 0 radical (unpaired) electrons. The van der Waals surface area contributed by atoms with Crippen LogP contribution in [0.5, 0.6) is 0 Å². The molecule has 2 fully saturated rings. The van der Waals surface area contributed by atoms with Crippen LogP contribution in [0.15, 0.2) is 40.9 Å². The number of halogens is 2. The van der Waals surface area contributed by atoms with Crippen molar-refractivity contribution in [3.8, 4) is 11.1 Å². The van der Waals surface area contributed by atoms with Crippen LogP contribution in [0.25, 0.3) is 22.2 Å². The summed E-state index contributed by atoms with van der Waals surface area (Å²) in [5, 5.41) is 4.09. The fourth-order valence-corrected chi connectivity index (χ4v) is 5.91. The number of anilines is 1. The molecule has 9 heteroatoms. The number of ether oxygens (including phenoxy) is 1. The van der Waals surface area contributed by atoms with E-state index in [0.29, 0.717) is 5.69 Å². The number of fused-ring (bicyclic) bond motifs is 1. The first kappa shape index (κ1) is 23.8. The minimum Gasteiger partial charge on any atom is -0.381 e. The number of nitrogens with zero attached hydrogens (tertiary/aromatic N) is 4. The van der Waals surface area contributed by atoms with Crippen molar-refractivity contribution < 1.29 is 22.8 Å². The van der Waals surface area contributed by atoms with E-state index in [-0.39, 0.29) is 30.5 Å². The Morgan fingerprint density at radius 1 is 1.03 bits per heavy atom. The van der Waals surface area contributed by atoms with Gasteiger partial charge in [-0.25, -0.2) is 13.8 Å². The van der Waals surface area contributed by atoms with Crippen molar-refractivity contribution in [2.45, 2.75) is 64.1 Å². The lowest BCUT2D eigenvalue weighted by atomic mass is 9.91. The molecule has 1 amide bonds. The molecule has 4 aromatic rings. The standard InChI is InChI=1S/C28H28F2N4O3/c1-15-27(16(2)37-32-15)17-4-11-24-23(12-17)31-28(34(24)18-5-8-20(36-3)9-6-18)25-14-26(35)33(25)19-7-10-21(29)22(30)13-19/h4,7,10-13,18,20,25H,5-6,8-9,14H2,1-3H3/t18?,20?,25-/m0/s1. The Morgan fingerprint density at radius 2 is 1.81 bits per heavy atom. The van der Waals surface area contributed by atoms with E-state index in [0.717, 1.165) is 77.3 Å². The average molecular weight is 507 g/mol. The van der Waals surface area contributed by atoms with Gasteiger partial charge in [0.2, 0.25) is 5.91 Å². The number of imidazole rings is 1.